The smallest absolute Gasteiger partial charge is 0.167 e. The average molecular weight is 220 g/mol. The van der Waals surface area contributed by atoms with E-state index in [-0.39, 0.29) is 5.82 Å². The lowest BCUT2D eigenvalue weighted by molar-refractivity contribution is 0.404. The van der Waals surface area contributed by atoms with Gasteiger partial charge in [-0.25, -0.2) is 4.39 Å². The molecule has 0 bridgehead atoms. The molecule has 1 aromatic carbocycles. The highest BCUT2D eigenvalue weighted by atomic mass is 19.1. The number of hydrogen-bond acceptors (Lipinski definition) is 3. The lowest BCUT2D eigenvalue weighted by Crippen LogP contribution is -2.26. The lowest BCUT2D eigenvalue weighted by atomic mass is 9.93. The molecule has 16 heavy (non-hydrogen) atoms. The number of rotatable bonds is 1. The van der Waals surface area contributed by atoms with Gasteiger partial charge >= 0.3 is 0 Å². The molecule has 1 aliphatic heterocycles. The van der Waals surface area contributed by atoms with E-state index in [4.69, 9.17) is 4.52 Å². The minimum atomic E-state index is -0.231. The number of hydrogen-bond donors (Lipinski definition) is 1. The summed E-state index contributed by atoms with van der Waals surface area (Å²) < 4.78 is 18.4. The summed E-state index contributed by atoms with van der Waals surface area (Å²) in [4.78, 5) is 0. The number of aromatic nitrogens is 1. The molecule has 84 valence electrons. The second-order valence-electron chi connectivity index (χ2n) is 4.23. The Morgan fingerprint density at radius 2 is 2.12 bits per heavy atom. The SMILES string of the molecule is Fc1ccc2onc(C3CCNCC3)c2c1. The molecule has 1 N–H and O–H groups in total. The van der Waals surface area contributed by atoms with Gasteiger partial charge in [-0.2, -0.15) is 0 Å². The van der Waals surface area contributed by atoms with Crippen LogP contribution < -0.4 is 5.32 Å². The molecule has 3 nitrogen and oxygen atoms in total. The molecule has 0 amide bonds. The molecule has 0 saturated carbocycles. The fourth-order valence-corrected chi connectivity index (χ4v) is 2.32. The average Bonchev–Trinajstić information content (AvgIpc) is 2.73. The van der Waals surface area contributed by atoms with Crippen molar-refractivity contribution >= 4 is 11.0 Å². The molecule has 3 rings (SSSR count). The minimum absolute atomic E-state index is 0.231. The van der Waals surface area contributed by atoms with Gasteiger partial charge in [-0.05, 0) is 44.1 Å². The van der Waals surface area contributed by atoms with Gasteiger partial charge in [0.25, 0.3) is 0 Å². The molecule has 1 aliphatic rings. The van der Waals surface area contributed by atoms with Gasteiger partial charge in [-0.15, -0.1) is 0 Å². The first-order valence-corrected chi connectivity index (χ1v) is 5.60. The Hall–Kier alpha value is -1.42. The number of fused-ring (bicyclic) bond motifs is 1. The maximum absolute atomic E-state index is 13.2. The minimum Gasteiger partial charge on any atom is -0.356 e. The Bertz CT molecular complexity index is 503. The Morgan fingerprint density at radius 3 is 2.94 bits per heavy atom. The van der Waals surface area contributed by atoms with Gasteiger partial charge in [0.05, 0.1) is 5.69 Å². The van der Waals surface area contributed by atoms with Crippen molar-refractivity contribution in [3.63, 3.8) is 0 Å². The molecular weight excluding hydrogens is 207 g/mol. The van der Waals surface area contributed by atoms with Gasteiger partial charge in [0, 0.05) is 11.3 Å². The van der Waals surface area contributed by atoms with Gasteiger partial charge < -0.3 is 9.84 Å². The summed E-state index contributed by atoms with van der Waals surface area (Å²) >= 11 is 0. The van der Waals surface area contributed by atoms with E-state index in [1.165, 1.54) is 12.1 Å². The monoisotopic (exact) mass is 220 g/mol. The van der Waals surface area contributed by atoms with Crippen molar-refractivity contribution in [3.8, 4) is 0 Å². The van der Waals surface area contributed by atoms with Crippen molar-refractivity contribution in [2.75, 3.05) is 13.1 Å². The third-order valence-electron chi connectivity index (χ3n) is 3.19. The first kappa shape index (κ1) is 9.78. The zero-order valence-electron chi connectivity index (χ0n) is 8.87. The van der Waals surface area contributed by atoms with Crippen LogP contribution in [0.3, 0.4) is 0 Å². The molecule has 1 saturated heterocycles. The van der Waals surface area contributed by atoms with E-state index in [2.05, 4.69) is 10.5 Å². The van der Waals surface area contributed by atoms with Crippen molar-refractivity contribution in [2.24, 2.45) is 0 Å². The molecule has 2 aromatic rings. The molecule has 0 unspecified atom stereocenters. The van der Waals surface area contributed by atoms with E-state index in [0.29, 0.717) is 11.5 Å². The van der Waals surface area contributed by atoms with E-state index in [9.17, 15) is 4.39 Å². The Morgan fingerprint density at radius 1 is 1.31 bits per heavy atom. The summed E-state index contributed by atoms with van der Waals surface area (Å²) in [5.41, 5.74) is 1.59. The predicted molar refractivity (Wildman–Crippen MR) is 58.8 cm³/mol. The molecular formula is C12H13FN2O. The van der Waals surface area contributed by atoms with Gasteiger partial charge in [0.1, 0.15) is 5.82 Å². The largest absolute Gasteiger partial charge is 0.356 e. The van der Waals surface area contributed by atoms with Crippen LogP contribution in [-0.4, -0.2) is 18.2 Å². The molecule has 0 radical (unpaired) electrons. The first-order valence-electron chi connectivity index (χ1n) is 5.60. The van der Waals surface area contributed by atoms with E-state index >= 15 is 0 Å². The zero-order chi connectivity index (χ0) is 11.0. The number of piperidine rings is 1. The van der Waals surface area contributed by atoms with E-state index in [1.54, 1.807) is 6.07 Å². The summed E-state index contributed by atoms with van der Waals surface area (Å²) in [5, 5.41) is 8.22. The van der Waals surface area contributed by atoms with Crippen LogP contribution in [0.4, 0.5) is 4.39 Å². The predicted octanol–water partition coefficient (Wildman–Crippen LogP) is 2.43. The fourth-order valence-electron chi connectivity index (χ4n) is 2.32. The van der Waals surface area contributed by atoms with E-state index < -0.39 is 0 Å². The zero-order valence-corrected chi connectivity index (χ0v) is 8.87. The van der Waals surface area contributed by atoms with Crippen molar-refractivity contribution in [3.05, 3.63) is 29.7 Å². The van der Waals surface area contributed by atoms with Crippen LogP contribution in [0.25, 0.3) is 11.0 Å². The molecule has 0 spiro atoms. The highest BCUT2D eigenvalue weighted by molar-refractivity contribution is 5.79. The highest BCUT2D eigenvalue weighted by Crippen LogP contribution is 2.30. The van der Waals surface area contributed by atoms with Gasteiger partial charge in [-0.3, -0.25) is 0 Å². The summed E-state index contributed by atoms with van der Waals surface area (Å²) in [7, 11) is 0. The number of benzene rings is 1. The van der Waals surface area contributed by atoms with Crippen molar-refractivity contribution < 1.29 is 8.91 Å². The van der Waals surface area contributed by atoms with Crippen LogP contribution in [0.1, 0.15) is 24.5 Å². The summed E-state index contributed by atoms with van der Waals surface area (Å²) in [6.07, 6.45) is 2.08. The normalized spacial score (nSPS) is 18.1. The van der Waals surface area contributed by atoms with Gasteiger partial charge in [-0.1, -0.05) is 5.16 Å². The first-order chi connectivity index (χ1) is 7.84. The van der Waals surface area contributed by atoms with Crippen molar-refractivity contribution in [2.45, 2.75) is 18.8 Å². The second-order valence-corrected chi connectivity index (χ2v) is 4.23. The maximum Gasteiger partial charge on any atom is 0.167 e. The fraction of sp³-hybridized carbons (Fsp3) is 0.417. The number of nitrogens with zero attached hydrogens (tertiary/aromatic N) is 1. The third kappa shape index (κ3) is 1.59. The standard InChI is InChI=1S/C12H13FN2O/c13-9-1-2-11-10(7-9)12(15-16-11)8-3-5-14-6-4-8/h1-2,7-8,14H,3-6H2. The summed E-state index contributed by atoms with van der Waals surface area (Å²) in [5.74, 6) is 0.162. The Balaban J connectivity index is 2.05. The Kier molecular flexibility index (Phi) is 2.36. The van der Waals surface area contributed by atoms with Crippen LogP contribution in [0, 0.1) is 5.82 Å². The summed E-state index contributed by atoms with van der Waals surface area (Å²) in [6, 6.07) is 4.56. The lowest BCUT2D eigenvalue weighted by Gasteiger charge is -2.20. The molecule has 1 aromatic heterocycles. The molecule has 1 fully saturated rings. The van der Waals surface area contributed by atoms with Crippen LogP contribution in [0.2, 0.25) is 0 Å². The van der Waals surface area contributed by atoms with Crippen LogP contribution >= 0.6 is 0 Å². The Labute approximate surface area is 92.6 Å². The number of halogens is 1. The summed E-state index contributed by atoms with van der Waals surface area (Å²) in [6.45, 7) is 1.99. The quantitative estimate of drug-likeness (QED) is 0.802. The van der Waals surface area contributed by atoms with Gasteiger partial charge in [0.15, 0.2) is 5.58 Å². The molecule has 2 heterocycles. The topological polar surface area (TPSA) is 38.1 Å². The molecule has 0 aliphatic carbocycles. The van der Waals surface area contributed by atoms with Crippen LogP contribution in [0.5, 0.6) is 0 Å². The third-order valence-corrected chi connectivity index (χ3v) is 3.19. The number of nitrogens with one attached hydrogen (secondary N) is 1. The molecule has 0 atom stereocenters. The second kappa shape index (κ2) is 3.87. The highest BCUT2D eigenvalue weighted by Gasteiger charge is 2.21. The van der Waals surface area contributed by atoms with E-state index in [1.807, 2.05) is 0 Å². The van der Waals surface area contributed by atoms with Crippen LogP contribution in [0.15, 0.2) is 22.7 Å². The molecule has 4 heteroatoms. The van der Waals surface area contributed by atoms with E-state index in [0.717, 1.165) is 37.0 Å². The van der Waals surface area contributed by atoms with Crippen molar-refractivity contribution in [1.29, 1.82) is 0 Å². The van der Waals surface area contributed by atoms with Crippen LogP contribution in [-0.2, 0) is 0 Å². The van der Waals surface area contributed by atoms with Crippen molar-refractivity contribution in [1.82, 2.24) is 10.5 Å². The van der Waals surface area contributed by atoms with Gasteiger partial charge in [0.2, 0.25) is 0 Å². The maximum atomic E-state index is 13.2.